The number of pyridine rings is 1. The Kier molecular flexibility index (Phi) is 4.22. The third kappa shape index (κ3) is 3.46. The van der Waals surface area contributed by atoms with Crippen LogP contribution < -0.4 is 10.9 Å². The Bertz CT molecular complexity index is 1210. The van der Waals surface area contributed by atoms with Crippen LogP contribution in [0.4, 0.5) is 5.69 Å². The standard InChI is InChI=1S/C21H16N4O2/c1-25-20(26)12-11-18(24-25)15-6-4-7-16(13-15)22-21(27)19-10-9-14-5-2-3-8-17(14)23-19/h2-13H,1H3,(H,22,27). The van der Waals surface area contributed by atoms with Crippen LogP contribution in [0.1, 0.15) is 10.5 Å². The summed E-state index contributed by atoms with van der Waals surface area (Å²) in [5.74, 6) is -0.286. The summed E-state index contributed by atoms with van der Waals surface area (Å²) in [4.78, 5) is 28.5. The molecule has 1 N–H and O–H groups in total. The fraction of sp³-hybridized carbons (Fsp3) is 0.0476. The first-order valence-corrected chi connectivity index (χ1v) is 8.42. The van der Waals surface area contributed by atoms with E-state index in [0.29, 0.717) is 17.1 Å². The fourth-order valence-electron chi connectivity index (χ4n) is 2.80. The van der Waals surface area contributed by atoms with E-state index in [1.165, 1.54) is 10.7 Å². The summed E-state index contributed by atoms with van der Waals surface area (Å²) >= 11 is 0. The molecule has 0 bridgehead atoms. The molecule has 27 heavy (non-hydrogen) atoms. The number of anilines is 1. The summed E-state index contributed by atoms with van der Waals surface area (Å²) in [6, 6.07) is 21.7. The zero-order valence-electron chi connectivity index (χ0n) is 14.6. The van der Waals surface area contributed by atoms with E-state index in [9.17, 15) is 9.59 Å². The number of carbonyl (C=O) groups is 1. The molecular weight excluding hydrogens is 340 g/mol. The van der Waals surface area contributed by atoms with Crippen LogP contribution in [0.5, 0.6) is 0 Å². The van der Waals surface area contributed by atoms with Gasteiger partial charge in [-0.2, -0.15) is 5.10 Å². The van der Waals surface area contributed by atoms with Gasteiger partial charge in [0.1, 0.15) is 5.69 Å². The molecule has 0 aliphatic rings. The van der Waals surface area contributed by atoms with E-state index in [4.69, 9.17) is 0 Å². The second-order valence-electron chi connectivity index (χ2n) is 6.10. The highest BCUT2D eigenvalue weighted by Crippen LogP contribution is 2.20. The third-order valence-electron chi connectivity index (χ3n) is 4.21. The van der Waals surface area contributed by atoms with Gasteiger partial charge in [-0.25, -0.2) is 9.67 Å². The van der Waals surface area contributed by atoms with Crippen molar-refractivity contribution in [3.05, 3.63) is 88.8 Å². The van der Waals surface area contributed by atoms with Crippen molar-refractivity contribution in [2.24, 2.45) is 7.05 Å². The molecule has 0 spiro atoms. The van der Waals surface area contributed by atoms with E-state index in [0.717, 1.165) is 16.5 Å². The van der Waals surface area contributed by atoms with Crippen LogP contribution in [-0.2, 0) is 7.05 Å². The monoisotopic (exact) mass is 356 g/mol. The zero-order chi connectivity index (χ0) is 18.8. The molecule has 0 atom stereocenters. The number of carbonyl (C=O) groups excluding carboxylic acids is 1. The number of aryl methyl sites for hydroxylation is 1. The average molecular weight is 356 g/mol. The van der Waals surface area contributed by atoms with Crippen LogP contribution in [0.25, 0.3) is 22.2 Å². The van der Waals surface area contributed by atoms with Gasteiger partial charge in [0.15, 0.2) is 0 Å². The lowest BCUT2D eigenvalue weighted by Crippen LogP contribution is -2.18. The summed E-state index contributed by atoms with van der Waals surface area (Å²) in [5, 5.41) is 8.08. The highest BCUT2D eigenvalue weighted by molar-refractivity contribution is 6.04. The number of rotatable bonds is 3. The van der Waals surface area contributed by atoms with Gasteiger partial charge in [-0.1, -0.05) is 36.4 Å². The maximum atomic E-state index is 12.6. The van der Waals surface area contributed by atoms with Crippen molar-refractivity contribution in [3.8, 4) is 11.3 Å². The SMILES string of the molecule is Cn1nc(-c2cccc(NC(=O)c3ccc4ccccc4n3)c2)ccc1=O. The molecule has 0 fully saturated rings. The number of hydrogen-bond acceptors (Lipinski definition) is 4. The van der Waals surface area contributed by atoms with Crippen LogP contribution in [-0.4, -0.2) is 20.7 Å². The average Bonchev–Trinajstić information content (AvgIpc) is 2.70. The van der Waals surface area contributed by atoms with Gasteiger partial charge in [0, 0.05) is 29.8 Å². The van der Waals surface area contributed by atoms with Crippen molar-refractivity contribution in [1.29, 1.82) is 0 Å². The van der Waals surface area contributed by atoms with Crippen LogP contribution in [0, 0.1) is 0 Å². The fourth-order valence-corrected chi connectivity index (χ4v) is 2.80. The first-order chi connectivity index (χ1) is 13.1. The molecule has 6 nitrogen and oxygen atoms in total. The number of nitrogens with zero attached hydrogens (tertiary/aromatic N) is 3. The highest BCUT2D eigenvalue weighted by atomic mass is 16.2. The van der Waals surface area contributed by atoms with Crippen LogP contribution >= 0.6 is 0 Å². The minimum atomic E-state index is -0.286. The molecule has 0 aliphatic heterocycles. The van der Waals surface area contributed by atoms with Gasteiger partial charge in [-0.3, -0.25) is 9.59 Å². The zero-order valence-corrected chi connectivity index (χ0v) is 14.6. The van der Waals surface area contributed by atoms with Gasteiger partial charge in [-0.15, -0.1) is 0 Å². The molecule has 0 saturated carbocycles. The van der Waals surface area contributed by atoms with Crippen molar-refractivity contribution in [2.75, 3.05) is 5.32 Å². The lowest BCUT2D eigenvalue weighted by Gasteiger charge is -2.08. The van der Waals surface area contributed by atoms with Gasteiger partial charge in [0.2, 0.25) is 0 Å². The van der Waals surface area contributed by atoms with E-state index in [-0.39, 0.29) is 11.5 Å². The first-order valence-electron chi connectivity index (χ1n) is 8.42. The second-order valence-corrected chi connectivity index (χ2v) is 6.10. The number of hydrogen-bond donors (Lipinski definition) is 1. The summed E-state index contributed by atoms with van der Waals surface area (Å²) in [5.41, 5.74) is 3.02. The molecule has 6 heteroatoms. The number of amides is 1. The molecule has 132 valence electrons. The molecule has 0 radical (unpaired) electrons. The predicted octanol–water partition coefficient (Wildman–Crippen LogP) is 3.25. The van der Waals surface area contributed by atoms with Crippen molar-refractivity contribution >= 4 is 22.5 Å². The van der Waals surface area contributed by atoms with Crippen molar-refractivity contribution in [1.82, 2.24) is 14.8 Å². The lowest BCUT2D eigenvalue weighted by molar-refractivity contribution is 0.102. The number of fused-ring (bicyclic) bond motifs is 1. The Labute approximate surface area is 155 Å². The van der Waals surface area contributed by atoms with E-state index in [1.54, 1.807) is 25.2 Å². The quantitative estimate of drug-likeness (QED) is 0.611. The van der Waals surface area contributed by atoms with E-state index < -0.39 is 0 Å². The summed E-state index contributed by atoms with van der Waals surface area (Å²) in [6.07, 6.45) is 0. The van der Waals surface area contributed by atoms with E-state index in [2.05, 4.69) is 15.4 Å². The summed E-state index contributed by atoms with van der Waals surface area (Å²) in [7, 11) is 1.60. The largest absolute Gasteiger partial charge is 0.321 e. The normalized spacial score (nSPS) is 10.7. The van der Waals surface area contributed by atoms with Gasteiger partial charge >= 0.3 is 0 Å². The van der Waals surface area contributed by atoms with Crippen molar-refractivity contribution in [2.45, 2.75) is 0 Å². The van der Waals surface area contributed by atoms with E-state index >= 15 is 0 Å². The predicted molar refractivity (Wildman–Crippen MR) is 105 cm³/mol. The first kappa shape index (κ1) is 16.7. The number of aromatic nitrogens is 3. The summed E-state index contributed by atoms with van der Waals surface area (Å²) < 4.78 is 1.28. The highest BCUT2D eigenvalue weighted by Gasteiger charge is 2.10. The second kappa shape index (κ2) is 6.84. The maximum Gasteiger partial charge on any atom is 0.274 e. The van der Waals surface area contributed by atoms with Crippen LogP contribution in [0.2, 0.25) is 0 Å². The van der Waals surface area contributed by atoms with Crippen molar-refractivity contribution < 1.29 is 4.79 Å². The molecule has 2 aromatic heterocycles. The van der Waals surface area contributed by atoms with E-state index in [1.807, 2.05) is 48.5 Å². The van der Waals surface area contributed by atoms with Crippen LogP contribution in [0.3, 0.4) is 0 Å². The molecule has 0 unspecified atom stereocenters. The molecular formula is C21H16N4O2. The molecule has 0 aliphatic carbocycles. The molecule has 2 aromatic carbocycles. The van der Waals surface area contributed by atoms with Gasteiger partial charge in [0.05, 0.1) is 11.2 Å². The smallest absolute Gasteiger partial charge is 0.274 e. The van der Waals surface area contributed by atoms with Gasteiger partial charge in [-0.05, 0) is 30.3 Å². The minimum absolute atomic E-state index is 0.175. The molecule has 4 rings (SSSR count). The van der Waals surface area contributed by atoms with Crippen molar-refractivity contribution in [3.63, 3.8) is 0 Å². The molecule has 4 aromatic rings. The van der Waals surface area contributed by atoms with Gasteiger partial charge in [0.25, 0.3) is 11.5 Å². The Morgan fingerprint density at radius 2 is 1.81 bits per heavy atom. The molecule has 0 saturated heterocycles. The Morgan fingerprint density at radius 3 is 2.67 bits per heavy atom. The number of para-hydroxylation sites is 1. The summed E-state index contributed by atoms with van der Waals surface area (Å²) in [6.45, 7) is 0. The Balaban J connectivity index is 1.61. The number of nitrogens with one attached hydrogen (secondary N) is 1. The molecule has 1 amide bonds. The maximum absolute atomic E-state index is 12.6. The van der Waals surface area contributed by atoms with Crippen LogP contribution in [0.15, 0.2) is 77.6 Å². The topological polar surface area (TPSA) is 76.9 Å². The number of benzene rings is 2. The molecule has 2 heterocycles. The Morgan fingerprint density at radius 1 is 0.963 bits per heavy atom. The minimum Gasteiger partial charge on any atom is -0.321 e. The Hall–Kier alpha value is -3.80. The third-order valence-corrected chi connectivity index (χ3v) is 4.21. The lowest BCUT2D eigenvalue weighted by atomic mass is 10.1. The van der Waals surface area contributed by atoms with Gasteiger partial charge < -0.3 is 5.32 Å².